The number of hydrogen-bond donors (Lipinski definition) is 1. The van der Waals surface area contributed by atoms with Crippen LogP contribution in [0.1, 0.15) is 29.6 Å². The average Bonchev–Trinajstić information content (AvgIpc) is 2.46. The van der Waals surface area contributed by atoms with E-state index in [4.69, 9.17) is 19.3 Å². The summed E-state index contributed by atoms with van der Waals surface area (Å²) >= 11 is 3.32. The third-order valence-electron chi connectivity index (χ3n) is 3.16. The van der Waals surface area contributed by atoms with Gasteiger partial charge in [-0.1, -0.05) is 0 Å². The highest BCUT2D eigenvalue weighted by atomic mass is 79.9. The average molecular weight is 345 g/mol. The highest BCUT2D eigenvalue weighted by Crippen LogP contribution is 2.37. The van der Waals surface area contributed by atoms with E-state index in [9.17, 15) is 4.79 Å². The molecule has 6 heteroatoms. The van der Waals surface area contributed by atoms with E-state index in [1.807, 2.05) is 0 Å². The highest BCUT2D eigenvalue weighted by molar-refractivity contribution is 9.10. The van der Waals surface area contributed by atoms with Crippen LogP contribution in [0.2, 0.25) is 0 Å². The van der Waals surface area contributed by atoms with Crippen LogP contribution >= 0.6 is 15.9 Å². The molecule has 2 rings (SSSR count). The summed E-state index contributed by atoms with van der Waals surface area (Å²) in [6, 6.07) is 2.95. The first-order valence-electron chi connectivity index (χ1n) is 6.47. The van der Waals surface area contributed by atoms with Crippen LogP contribution in [0, 0.1) is 0 Å². The minimum atomic E-state index is -1.01. The summed E-state index contributed by atoms with van der Waals surface area (Å²) in [6.45, 7) is 1.20. The summed E-state index contributed by atoms with van der Waals surface area (Å²) in [5.74, 6) is -0.106. The first-order chi connectivity index (χ1) is 9.61. The molecule has 5 nitrogen and oxygen atoms in total. The van der Waals surface area contributed by atoms with Crippen LogP contribution in [-0.2, 0) is 4.74 Å². The molecule has 0 amide bonds. The number of benzene rings is 1. The normalized spacial score (nSPS) is 18.6. The van der Waals surface area contributed by atoms with Gasteiger partial charge in [0.15, 0.2) is 11.5 Å². The maximum absolute atomic E-state index is 11.0. The van der Waals surface area contributed by atoms with Crippen LogP contribution in [0.3, 0.4) is 0 Å². The molecule has 1 N–H and O–H groups in total. The Kier molecular flexibility index (Phi) is 5.25. The second kappa shape index (κ2) is 6.95. The SMILES string of the molecule is COc1cc(C(=O)O)cc(Br)c1OCC1CCCCO1. The van der Waals surface area contributed by atoms with Gasteiger partial charge in [-0.05, 0) is 47.3 Å². The highest BCUT2D eigenvalue weighted by Gasteiger charge is 2.19. The van der Waals surface area contributed by atoms with Gasteiger partial charge < -0.3 is 19.3 Å². The van der Waals surface area contributed by atoms with Crippen molar-refractivity contribution in [2.75, 3.05) is 20.3 Å². The zero-order chi connectivity index (χ0) is 14.5. The Morgan fingerprint density at radius 2 is 2.30 bits per heavy atom. The van der Waals surface area contributed by atoms with Crippen molar-refractivity contribution in [3.8, 4) is 11.5 Å². The molecule has 1 atom stereocenters. The molecule has 1 aliphatic heterocycles. The third-order valence-corrected chi connectivity index (χ3v) is 3.75. The molecule has 0 radical (unpaired) electrons. The lowest BCUT2D eigenvalue weighted by Gasteiger charge is -2.23. The van der Waals surface area contributed by atoms with E-state index in [-0.39, 0.29) is 11.7 Å². The number of rotatable bonds is 5. The van der Waals surface area contributed by atoms with Gasteiger partial charge in [-0.2, -0.15) is 0 Å². The van der Waals surface area contributed by atoms with Crippen molar-refractivity contribution in [3.05, 3.63) is 22.2 Å². The molecule has 1 aliphatic rings. The van der Waals surface area contributed by atoms with E-state index in [0.29, 0.717) is 22.6 Å². The molecule has 0 bridgehead atoms. The molecule has 1 heterocycles. The molecule has 1 fully saturated rings. The number of halogens is 1. The van der Waals surface area contributed by atoms with Crippen molar-refractivity contribution >= 4 is 21.9 Å². The van der Waals surface area contributed by atoms with Gasteiger partial charge in [-0.3, -0.25) is 0 Å². The Bertz CT molecular complexity index is 483. The van der Waals surface area contributed by atoms with Gasteiger partial charge in [0.2, 0.25) is 0 Å². The minimum absolute atomic E-state index is 0.0829. The molecule has 1 saturated heterocycles. The number of carbonyl (C=O) groups is 1. The molecule has 0 aliphatic carbocycles. The van der Waals surface area contributed by atoms with Crippen molar-refractivity contribution in [1.82, 2.24) is 0 Å². The Balaban J connectivity index is 2.11. The maximum atomic E-state index is 11.0. The predicted molar refractivity (Wildman–Crippen MR) is 76.7 cm³/mol. The van der Waals surface area contributed by atoms with Gasteiger partial charge in [-0.15, -0.1) is 0 Å². The van der Waals surface area contributed by atoms with Crippen molar-refractivity contribution in [3.63, 3.8) is 0 Å². The fraction of sp³-hybridized carbons (Fsp3) is 0.500. The summed E-state index contributed by atoms with van der Waals surface area (Å²) in [6.07, 6.45) is 3.30. The van der Waals surface area contributed by atoms with Gasteiger partial charge >= 0.3 is 5.97 Å². The van der Waals surface area contributed by atoms with Crippen LogP contribution in [0.15, 0.2) is 16.6 Å². The molecule has 1 aromatic carbocycles. The van der Waals surface area contributed by atoms with Crippen molar-refractivity contribution in [1.29, 1.82) is 0 Å². The maximum Gasteiger partial charge on any atom is 0.335 e. The Labute approximate surface area is 126 Å². The van der Waals surface area contributed by atoms with E-state index < -0.39 is 5.97 Å². The molecule has 1 unspecified atom stereocenters. The number of carboxylic acid groups (broad SMARTS) is 1. The summed E-state index contributed by atoms with van der Waals surface area (Å²) in [5, 5.41) is 9.02. The number of carboxylic acids is 1. The summed E-state index contributed by atoms with van der Waals surface area (Å²) in [5.41, 5.74) is 0.148. The van der Waals surface area contributed by atoms with Crippen molar-refractivity contribution in [2.24, 2.45) is 0 Å². The fourth-order valence-electron chi connectivity index (χ4n) is 2.10. The molecule has 0 aromatic heterocycles. The first kappa shape index (κ1) is 15.1. The number of aromatic carboxylic acids is 1. The van der Waals surface area contributed by atoms with E-state index in [2.05, 4.69) is 15.9 Å². The van der Waals surface area contributed by atoms with Crippen molar-refractivity contribution < 1.29 is 24.1 Å². The van der Waals surface area contributed by atoms with Gasteiger partial charge in [0.25, 0.3) is 0 Å². The van der Waals surface area contributed by atoms with E-state index >= 15 is 0 Å². The summed E-state index contributed by atoms with van der Waals surface area (Å²) in [7, 11) is 1.48. The Morgan fingerprint density at radius 1 is 1.50 bits per heavy atom. The molecular formula is C14H17BrO5. The summed E-state index contributed by atoms with van der Waals surface area (Å²) in [4.78, 5) is 11.0. The lowest BCUT2D eigenvalue weighted by Crippen LogP contribution is -2.26. The smallest absolute Gasteiger partial charge is 0.335 e. The second-order valence-corrected chi connectivity index (χ2v) is 5.45. The zero-order valence-corrected chi connectivity index (χ0v) is 12.8. The zero-order valence-electron chi connectivity index (χ0n) is 11.2. The molecule has 0 saturated carbocycles. The molecule has 0 spiro atoms. The van der Waals surface area contributed by atoms with Crippen LogP contribution in [0.25, 0.3) is 0 Å². The van der Waals surface area contributed by atoms with Gasteiger partial charge in [-0.25, -0.2) is 4.79 Å². The van der Waals surface area contributed by atoms with Gasteiger partial charge in [0.05, 0.1) is 23.2 Å². The quantitative estimate of drug-likeness (QED) is 0.888. The van der Waals surface area contributed by atoms with Crippen LogP contribution < -0.4 is 9.47 Å². The standard InChI is InChI=1S/C14H17BrO5/c1-18-12-7-9(14(16)17)6-11(15)13(12)20-8-10-4-2-3-5-19-10/h6-7,10H,2-5,8H2,1H3,(H,16,17). The van der Waals surface area contributed by atoms with E-state index in [1.54, 1.807) is 0 Å². The third kappa shape index (κ3) is 3.64. The molecule has 20 heavy (non-hydrogen) atoms. The fourth-order valence-corrected chi connectivity index (χ4v) is 2.65. The monoisotopic (exact) mass is 344 g/mol. The Morgan fingerprint density at radius 3 is 2.90 bits per heavy atom. The lowest BCUT2D eigenvalue weighted by atomic mass is 10.1. The number of hydrogen-bond acceptors (Lipinski definition) is 4. The first-order valence-corrected chi connectivity index (χ1v) is 7.26. The minimum Gasteiger partial charge on any atom is -0.493 e. The topological polar surface area (TPSA) is 65.0 Å². The van der Waals surface area contributed by atoms with Crippen LogP contribution in [0.5, 0.6) is 11.5 Å². The summed E-state index contributed by atoms with van der Waals surface area (Å²) < 4.78 is 17.1. The van der Waals surface area contributed by atoms with E-state index in [1.165, 1.54) is 19.2 Å². The van der Waals surface area contributed by atoms with Crippen LogP contribution in [0.4, 0.5) is 0 Å². The molecule has 1 aromatic rings. The molecular weight excluding hydrogens is 328 g/mol. The number of ether oxygens (including phenoxy) is 3. The lowest BCUT2D eigenvalue weighted by molar-refractivity contribution is -0.0116. The van der Waals surface area contributed by atoms with Gasteiger partial charge in [0.1, 0.15) is 6.61 Å². The predicted octanol–water partition coefficient (Wildman–Crippen LogP) is 3.10. The van der Waals surface area contributed by atoms with Gasteiger partial charge in [0, 0.05) is 6.61 Å². The number of methoxy groups -OCH3 is 1. The second-order valence-electron chi connectivity index (χ2n) is 4.59. The van der Waals surface area contributed by atoms with Crippen molar-refractivity contribution in [2.45, 2.75) is 25.4 Å². The van der Waals surface area contributed by atoms with E-state index in [0.717, 1.165) is 25.9 Å². The Hall–Kier alpha value is -1.27. The van der Waals surface area contributed by atoms with Crippen LogP contribution in [-0.4, -0.2) is 37.5 Å². The molecule has 110 valence electrons. The largest absolute Gasteiger partial charge is 0.493 e.